The average Bonchev–Trinajstić information content (AvgIpc) is 1.84. The fourth-order valence-electron chi connectivity index (χ4n) is 0.290. The summed E-state index contributed by atoms with van der Waals surface area (Å²) >= 11 is 18.3. The second-order valence-electron chi connectivity index (χ2n) is 1.62. The second kappa shape index (κ2) is 4.95. The van der Waals surface area contributed by atoms with Gasteiger partial charge in [0, 0.05) is 0 Å². The maximum absolute atomic E-state index is 5.70. The van der Waals surface area contributed by atoms with Crippen molar-refractivity contribution in [2.45, 2.75) is 17.0 Å². The van der Waals surface area contributed by atoms with Crippen molar-refractivity contribution < 1.29 is 0 Å². The first-order chi connectivity index (χ1) is 4.12. The highest BCUT2D eigenvalue weighted by Gasteiger charge is 2.21. The second-order valence-corrected chi connectivity index (χ2v) is 5.21. The molecule has 0 amide bonds. The summed E-state index contributed by atoms with van der Waals surface area (Å²) in [6.07, 6.45) is 1.07. The molecular weight excluding hydrogens is 198 g/mol. The Bertz CT molecular complexity index is 74.6. The molecule has 0 heterocycles. The predicted octanol–water partition coefficient (Wildman–Crippen LogP) is 3.50. The van der Waals surface area contributed by atoms with Gasteiger partial charge in [-0.3, -0.25) is 0 Å². The van der Waals surface area contributed by atoms with Crippen LogP contribution >= 0.6 is 46.6 Å². The van der Waals surface area contributed by atoms with Crippen LogP contribution in [0.1, 0.15) is 13.3 Å². The Labute approximate surface area is 75.2 Å². The zero-order chi connectivity index (χ0) is 7.33. The van der Waals surface area contributed by atoms with Gasteiger partial charge in [-0.2, -0.15) is 0 Å². The van der Waals surface area contributed by atoms with E-state index in [0.29, 0.717) is 0 Å². The molecule has 0 atom stereocenters. The molecule has 0 nitrogen and oxygen atoms in total. The lowest BCUT2D eigenvalue weighted by atomic mass is 10.6. The maximum atomic E-state index is 5.70. The molecule has 0 aliphatic heterocycles. The maximum Gasteiger partial charge on any atom is 0.176 e. The third-order valence-electron chi connectivity index (χ3n) is 0.673. The predicted molar refractivity (Wildman–Crippen MR) is 47.9 cm³/mol. The standard InChI is InChI=1S/C5H9Cl3S/c1-2-3-9-5(7,8)4-6/h2-4H2,1H3. The van der Waals surface area contributed by atoms with E-state index in [4.69, 9.17) is 34.8 Å². The Hall–Kier alpha value is 1.22. The minimum Gasteiger partial charge on any atom is -0.122 e. The third kappa shape index (κ3) is 5.65. The minimum atomic E-state index is -0.780. The third-order valence-corrected chi connectivity index (χ3v) is 3.61. The summed E-state index contributed by atoms with van der Waals surface area (Å²) in [5, 5.41) is 0. The Kier molecular flexibility index (Phi) is 5.62. The van der Waals surface area contributed by atoms with Crippen molar-refractivity contribution in [3.8, 4) is 0 Å². The molecule has 0 aromatic heterocycles. The molecule has 0 aliphatic rings. The SMILES string of the molecule is CCCSC(Cl)(Cl)CCl. The molecule has 9 heavy (non-hydrogen) atoms. The zero-order valence-electron chi connectivity index (χ0n) is 5.16. The van der Waals surface area contributed by atoms with Crippen molar-refractivity contribution in [2.75, 3.05) is 11.6 Å². The smallest absolute Gasteiger partial charge is 0.122 e. The Morgan fingerprint density at radius 3 is 2.33 bits per heavy atom. The monoisotopic (exact) mass is 206 g/mol. The quantitative estimate of drug-likeness (QED) is 0.636. The van der Waals surface area contributed by atoms with Crippen LogP contribution in [0.2, 0.25) is 0 Å². The summed E-state index contributed by atoms with van der Waals surface area (Å²) in [6, 6.07) is 0. The van der Waals surface area contributed by atoms with Gasteiger partial charge in [-0.25, -0.2) is 0 Å². The fourth-order valence-corrected chi connectivity index (χ4v) is 1.56. The Balaban J connectivity index is 3.33. The first-order valence-electron chi connectivity index (χ1n) is 2.70. The average molecular weight is 208 g/mol. The molecule has 56 valence electrons. The molecule has 4 heteroatoms. The Morgan fingerprint density at radius 1 is 1.44 bits per heavy atom. The molecule has 0 aromatic carbocycles. The van der Waals surface area contributed by atoms with Crippen molar-refractivity contribution in [3.63, 3.8) is 0 Å². The molecule has 0 fully saturated rings. The number of halogens is 3. The van der Waals surface area contributed by atoms with Gasteiger partial charge in [0.05, 0.1) is 5.88 Å². The highest BCUT2D eigenvalue weighted by atomic mass is 35.5. The lowest BCUT2D eigenvalue weighted by Gasteiger charge is -2.13. The van der Waals surface area contributed by atoms with Crippen LogP contribution in [0.3, 0.4) is 0 Å². The molecule has 0 radical (unpaired) electrons. The van der Waals surface area contributed by atoms with E-state index in [1.807, 2.05) is 0 Å². The highest BCUT2D eigenvalue weighted by molar-refractivity contribution is 8.03. The zero-order valence-corrected chi connectivity index (χ0v) is 8.25. The van der Waals surface area contributed by atoms with Crippen LogP contribution < -0.4 is 0 Å². The van der Waals surface area contributed by atoms with Gasteiger partial charge in [-0.15, -0.1) is 23.4 Å². The van der Waals surface area contributed by atoms with Gasteiger partial charge in [0.2, 0.25) is 0 Å². The van der Waals surface area contributed by atoms with Crippen molar-refractivity contribution >= 4 is 46.6 Å². The minimum absolute atomic E-state index is 0.279. The molecule has 0 spiro atoms. The van der Waals surface area contributed by atoms with Crippen molar-refractivity contribution in [2.24, 2.45) is 0 Å². The van der Waals surface area contributed by atoms with Gasteiger partial charge >= 0.3 is 0 Å². The van der Waals surface area contributed by atoms with Gasteiger partial charge in [0.15, 0.2) is 3.67 Å². The van der Waals surface area contributed by atoms with Gasteiger partial charge in [0.25, 0.3) is 0 Å². The lowest BCUT2D eigenvalue weighted by Crippen LogP contribution is -2.09. The molecule has 0 aliphatic carbocycles. The van der Waals surface area contributed by atoms with Crippen LogP contribution in [0.5, 0.6) is 0 Å². The van der Waals surface area contributed by atoms with E-state index in [9.17, 15) is 0 Å². The molecule has 0 saturated heterocycles. The summed E-state index contributed by atoms with van der Waals surface area (Å²) in [6.45, 7) is 2.07. The molecule has 0 N–H and O–H groups in total. The van der Waals surface area contributed by atoms with Crippen LogP contribution in [0.4, 0.5) is 0 Å². The van der Waals surface area contributed by atoms with E-state index in [0.717, 1.165) is 12.2 Å². The van der Waals surface area contributed by atoms with Crippen molar-refractivity contribution in [3.05, 3.63) is 0 Å². The number of rotatable bonds is 4. The summed E-state index contributed by atoms with van der Waals surface area (Å²) in [4.78, 5) is 0. The van der Waals surface area contributed by atoms with E-state index in [1.54, 1.807) is 0 Å². The van der Waals surface area contributed by atoms with Crippen LogP contribution in [-0.2, 0) is 0 Å². The first kappa shape index (κ1) is 10.2. The topological polar surface area (TPSA) is 0 Å². The normalized spacial score (nSPS) is 12.0. The Morgan fingerprint density at radius 2 is 2.00 bits per heavy atom. The van der Waals surface area contributed by atoms with Gasteiger partial charge in [-0.05, 0) is 12.2 Å². The summed E-state index contributed by atoms with van der Waals surface area (Å²) in [7, 11) is 0. The van der Waals surface area contributed by atoms with Crippen LogP contribution in [0.25, 0.3) is 0 Å². The van der Waals surface area contributed by atoms with E-state index in [-0.39, 0.29) is 5.88 Å². The van der Waals surface area contributed by atoms with Crippen molar-refractivity contribution in [1.82, 2.24) is 0 Å². The van der Waals surface area contributed by atoms with Crippen LogP contribution in [-0.4, -0.2) is 15.3 Å². The number of thioether (sulfide) groups is 1. The van der Waals surface area contributed by atoms with E-state index >= 15 is 0 Å². The largest absolute Gasteiger partial charge is 0.176 e. The number of hydrogen-bond acceptors (Lipinski definition) is 1. The molecular formula is C5H9Cl3S. The highest BCUT2D eigenvalue weighted by Crippen LogP contribution is 2.35. The molecule has 0 aromatic rings. The van der Waals surface area contributed by atoms with E-state index < -0.39 is 3.67 Å². The van der Waals surface area contributed by atoms with Crippen LogP contribution in [0.15, 0.2) is 0 Å². The number of alkyl halides is 3. The molecule has 0 saturated carbocycles. The first-order valence-corrected chi connectivity index (χ1v) is 4.97. The van der Waals surface area contributed by atoms with E-state index in [2.05, 4.69) is 6.92 Å². The summed E-state index contributed by atoms with van der Waals surface area (Å²) < 4.78 is -0.780. The van der Waals surface area contributed by atoms with Crippen molar-refractivity contribution in [1.29, 1.82) is 0 Å². The fraction of sp³-hybridized carbons (Fsp3) is 1.00. The van der Waals surface area contributed by atoms with Gasteiger partial charge in [0.1, 0.15) is 0 Å². The van der Waals surface area contributed by atoms with Crippen LogP contribution in [0, 0.1) is 0 Å². The summed E-state index contributed by atoms with van der Waals surface area (Å²) in [5.74, 6) is 1.24. The summed E-state index contributed by atoms with van der Waals surface area (Å²) in [5.41, 5.74) is 0. The lowest BCUT2D eigenvalue weighted by molar-refractivity contribution is 1.10. The van der Waals surface area contributed by atoms with Gasteiger partial charge < -0.3 is 0 Å². The molecule has 0 unspecified atom stereocenters. The van der Waals surface area contributed by atoms with Gasteiger partial charge in [-0.1, -0.05) is 30.1 Å². The number of hydrogen-bond donors (Lipinski definition) is 0. The molecule has 0 rings (SSSR count). The molecule has 0 bridgehead atoms. The van der Waals surface area contributed by atoms with E-state index in [1.165, 1.54) is 11.8 Å².